The quantitative estimate of drug-likeness (QED) is 0.193. The molecule has 0 atom stereocenters. The van der Waals surface area contributed by atoms with Gasteiger partial charge in [0.15, 0.2) is 0 Å². The fourth-order valence-corrected chi connectivity index (χ4v) is 6.52. The van der Waals surface area contributed by atoms with Crippen LogP contribution in [0.5, 0.6) is 11.5 Å². The van der Waals surface area contributed by atoms with Crippen molar-refractivity contribution in [2.24, 2.45) is 0 Å². The van der Waals surface area contributed by atoms with Crippen molar-refractivity contribution in [3.8, 4) is 28.4 Å². The number of anilines is 3. The first-order chi connectivity index (χ1) is 23.3. The predicted molar refractivity (Wildman–Crippen MR) is 186 cm³/mol. The Kier molecular flexibility index (Phi) is 5.76. The van der Waals surface area contributed by atoms with Crippen LogP contribution in [0.25, 0.3) is 38.8 Å². The maximum absolute atomic E-state index is 8.07. The van der Waals surface area contributed by atoms with Crippen LogP contribution in [0.15, 0.2) is 134 Å². The van der Waals surface area contributed by atoms with Gasteiger partial charge in [-0.2, -0.15) is 0 Å². The topological polar surface area (TPSA) is 33.5 Å². The first-order valence-corrected chi connectivity index (χ1v) is 15.3. The Labute approximate surface area is 267 Å². The summed E-state index contributed by atoms with van der Waals surface area (Å²) in [6.07, 6.45) is 1.89. The largest absolute Gasteiger partial charge is 0.457 e. The van der Waals surface area contributed by atoms with Crippen LogP contribution >= 0.6 is 0 Å². The summed E-state index contributed by atoms with van der Waals surface area (Å²) in [6, 6.07) is 42.8. The van der Waals surface area contributed by atoms with Crippen LogP contribution in [0.2, 0.25) is 0 Å². The van der Waals surface area contributed by atoms with Crippen molar-refractivity contribution in [2.75, 3.05) is 23.4 Å². The lowest BCUT2D eigenvalue weighted by Crippen LogP contribution is -2.23. The summed E-state index contributed by atoms with van der Waals surface area (Å²) in [7, 11) is 0. The Morgan fingerprint density at radius 3 is 2.38 bits per heavy atom. The molecule has 2 aromatic heterocycles. The van der Waals surface area contributed by atoms with E-state index in [1.165, 1.54) is 16.0 Å². The zero-order chi connectivity index (χ0) is 33.0. The summed E-state index contributed by atoms with van der Waals surface area (Å²) in [5, 5.41) is 2.25. The second kappa shape index (κ2) is 10.9. The molecule has 1 aliphatic rings. The number of rotatable bonds is 6. The van der Waals surface area contributed by atoms with Crippen molar-refractivity contribution < 1.29 is 8.85 Å². The van der Waals surface area contributed by atoms with E-state index in [1.54, 1.807) is 0 Å². The van der Waals surface area contributed by atoms with Crippen LogP contribution in [0.3, 0.4) is 0 Å². The Morgan fingerprint density at radius 1 is 0.711 bits per heavy atom. The van der Waals surface area contributed by atoms with Crippen LogP contribution in [0, 0.1) is 0 Å². The summed E-state index contributed by atoms with van der Waals surface area (Å²) in [6.45, 7) is 2.42. The van der Waals surface area contributed by atoms with Crippen molar-refractivity contribution in [2.45, 2.75) is 19.8 Å². The molecule has 0 saturated carbocycles. The molecule has 0 radical (unpaired) electrons. The highest BCUT2D eigenvalue weighted by Crippen LogP contribution is 2.41. The summed E-state index contributed by atoms with van der Waals surface area (Å²) in [5.74, 6) is 2.58. The highest BCUT2D eigenvalue weighted by molar-refractivity contribution is 6.09. The molecular weight excluding hydrogens is 552 g/mol. The van der Waals surface area contributed by atoms with Gasteiger partial charge in [0.2, 0.25) is 0 Å². The first kappa shape index (κ1) is 23.9. The van der Waals surface area contributed by atoms with Gasteiger partial charge in [0, 0.05) is 45.9 Å². The van der Waals surface area contributed by atoms with Crippen molar-refractivity contribution >= 4 is 38.9 Å². The molecular formula is C40H34N4O. The van der Waals surface area contributed by atoms with Crippen molar-refractivity contribution in [3.63, 3.8) is 0 Å². The number of hydrogen-bond donors (Lipinski definition) is 0. The van der Waals surface area contributed by atoms with Gasteiger partial charge in [0.25, 0.3) is 0 Å². The summed E-state index contributed by atoms with van der Waals surface area (Å²) in [5.41, 5.74) is 8.09. The normalized spacial score (nSPS) is 14.1. The minimum atomic E-state index is -2.25. The minimum absolute atomic E-state index is 0.221. The molecule has 7 aromatic rings. The molecule has 220 valence electrons. The average molecular weight is 590 g/mol. The summed E-state index contributed by atoms with van der Waals surface area (Å²) < 4.78 is 32.9. The number of ether oxygens (including phenoxy) is 1. The zero-order valence-corrected chi connectivity index (χ0v) is 25.2. The summed E-state index contributed by atoms with van der Waals surface area (Å²) >= 11 is 0. The first-order valence-electron chi connectivity index (χ1n) is 16.8. The minimum Gasteiger partial charge on any atom is -0.457 e. The Morgan fingerprint density at radius 2 is 1.49 bits per heavy atom. The van der Waals surface area contributed by atoms with Gasteiger partial charge in [-0.15, -0.1) is 0 Å². The maximum atomic E-state index is 8.07. The van der Waals surface area contributed by atoms with Gasteiger partial charge in [-0.1, -0.05) is 74.5 Å². The fourth-order valence-electron chi connectivity index (χ4n) is 6.52. The van der Waals surface area contributed by atoms with Gasteiger partial charge < -0.3 is 14.5 Å². The van der Waals surface area contributed by atoms with Gasteiger partial charge >= 0.3 is 0 Å². The maximum Gasteiger partial charge on any atom is 0.138 e. The molecule has 3 heterocycles. The van der Waals surface area contributed by atoms with E-state index in [0.717, 1.165) is 44.6 Å². The molecule has 0 fully saturated rings. The van der Waals surface area contributed by atoms with Crippen LogP contribution < -0.4 is 14.5 Å². The van der Waals surface area contributed by atoms with Crippen LogP contribution in [0.4, 0.5) is 17.1 Å². The molecule has 0 aliphatic carbocycles. The van der Waals surface area contributed by atoms with E-state index in [-0.39, 0.29) is 6.67 Å². The van der Waals surface area contributed by atoms with Crippen molar-refractivity contribution in [1.82, 2.24) is 9.55 Å². The SMILES string of the molecule is [2H]C([2H])([2H])N1CN(c2cccc(Oc3ccc4c5ccccc5n(-c5cc(-c6ccccc6C(C)C)ccn5)c4c3)c2)c2ccccc21. The Balaban J connectivity index is 1.18. The van der Waals surface area contributed by atoms with E-state index in [9.17, 15) is 0 Å². The predicted octanol–water partition coefficient (Wildman–Crippen LogP) is 10.3. The van der Waals surface area contributed by atoms with Gasteiger partial charge in [0.05, 0.1) is 29.1 Å². The van der Waals surface area contributed by atoms with E-state index in [4.69, 9.17) is 13.8 Å². The smallest absolute Gasteiger partial charge is 0.138 e. The van der Waals surface area contributed by atoms with Gasteiger partial charge in [0.1, 0.15) is 17.3 Å². The third kappa shape index (κ3) is 4.68. The van der Waals surface area contributed by atoms with Gasteiger partial charge in [-0.3, -0.25) is 4.57 Å². The second-order valence-electron chi connectivity index (χ2n) is 11.8. The number of para-hydroxylation sites is 3. The Bertz CT molecular complexity index is 2310. The average Bonchev–Trinajstić information content (AvgIpc) is 3.65. The van der Waals surface area contributed by atoms with E-state index in [2.05, 4.69) is 91.2 Å². The van der Waals surface area contributed by atoms with Crippen molar-refractivity contribution in [3.05, 3.63) is 139 Å². The number of pyridine rings is 1. The molecule has 5 heteroatoms. The Hall–Kier alpha value is -5.55. The van der Waals surface area contributed by atoms with E-state index in [1.807, 2.05) is 65.7 Å². The van der Waals surface area contributed by atoms with E-state index >= 15 is 0 Å². The number of fused-ring (bicyclic) bond motifs is 4. The molecule has 1 aliphatic heterocycles. The highest BCUT2D eigenvalue weighted by Gasteiger charge is 2.24. The standard InChI is InChI=1S/C40H34N4O/c1-27(2)32-13-4-5-14-33(32)28-21-22-41-40(23-28)44-36-16-7-6-15-34(36)35-20-19-31(25-39(35)44)45-30-12-10-11-29(24-30)43-26-42(3)37-17-8-9-18-38(37)43/h4-25,27H,26H2,1-3H3/i3D3. The zero-order valence-electron chi connectivity index (χ0n) is 28.2. The van der Waals surface area contributed by atoms with Gasteiger partial charge in [-0.05, 0) is 77.2 Å². The van der Waals surface area contributed by atoms with Crippen LogP contribution in [0.1, 0.15) is 29.4 Å². The van der Waals surface area contributed by atoms with E-state index < -0.39 is 6.98 Å². The highest BCUT2D eigenvalue weighted by atomic mass is 16.5. The monoisotopic (exact) mass is 589 g/mol. The molecule has 5 aromatic carbocycles. The molecule has 0 amide bonds. The van der Waals surface area contributed by atoms with Crippen LogP contribution in [-0.4, -0.2) is 23.2 Å². The number of benzene rings is 5. The third-order valence-corrected chi connectivity index (χ3v) is 8.62. The molecule has 45 heavy (non-hydrogen) atoms. The number of hydrogen-bond acceptors (Lipinski definition) is 4. The molecule has 8 rings (SSSR count). The molecule has 0 saturated heterocycles. The molecule has 0 unspecified atom stereocenters. The molecule has 0 bridgehead atoms. The number of aromatic nitrogens is 2. The molecule has 5 nitrogen and oxygen atoms in total. The second-order valence-corrected chi connectivity index (χ2v) is 11.8. The lowest BCUT2D eigenvalue weighted by Gasteiger charge is -2.20. The molecule has 0 spiro atoms. The fraction of sp³-hybridized carbons (Fsp3) is 0.125. The van der Waals surface area contributed by atoms with Crippen molar-refractivity contribution in [1.29, 1.82) is 0 Å². The van der Waals surface area contributed by atoms with Crippen LogP contribution in [-0.2, 0) is 0 Å². The lowest BCUT2D eigenvalue weighted by molar-refractivity contribution is 0.483. The van der Waals surface area contributed by atoms with Gasteiger partial charge in [-0.25, -0.2) is 4.98 Å². The lowest BCUT2D eigenvalue weighted by atomic mass is 9.93. The molecule has 0 N–H and O–H groups in total. The number of nitrogens with zero attached hydrogens (tertiary/aromatic N) is 4. The summed E-state index contributed by atoms with van der Waals surface area (Å²) in [4.78, 5) is 8.32. The third-order valence-electron chi connectivity index (χ3n) is 8.62. The van der Waals surface area contributed by atoms with E-state index in [0.29, 0.717) is 23.1 Å².